The molecule has 0 radical (unpaired) electrons. The Labute approximate surface area is 354 Å². The fraction of sp³-hybridized carbons (Fsp3) is 0.318. The number of amides is 6. The molecule has 6 amide bonds. The number of benzene rings is 4. The minimum atomic E-state index is -1.10. The van der Waals surface area contributed by atoms with Crippen LogP contribution < -0.4 is 47.5 Å². The Hall–Kier alpha value is -7.14. The predicted molar refractivity (Wildman–Crippen MR) is 228 cm³/mol. The van der Waals surface area contributed by atoms with Gasteiger partial charge in [-0.1, -0.05) is 60.7 Å². The van der Waals surface area contributed by atoms with E-state index in [1.54, 1.807) is 6.07 Å². The average molecular weight is 840 g/mol. The number of anilines is 2. The second kappa shape index (κ2) is 24.7. The number of carbonyl (C=O) groups excluding carboxylic acids is 6. The smallest absolute Gasteiger partial charge is 0.407 e. The molecule has 2 atom stereocenters. The lowest BCUT2D eigenvalue weighted by molar-refractivity contribution is -0.118. The highest BCUT2D eigenvalue weighted by atomic mass is 16.6. The van der Waals surface area contributed by atoms with E-state index in [0.717, 1.165) is 11.1 Å². The van der Waals surface area contributed by atoms with Gasteiger partial charge in [-0.2, -0.15) is 0 Å². The number of hydrogen-bond acceptors (Lipinski definition) is 11. The van der Waals surface area contributed by atoms with Crippen LogP contribution in [0.15, 0.2) is 97.1 Å². The maximum Gasteiger partial charge on any atom is 0.407 e. The molecule has 4 rings (SSSR count). The molecule has 0 spiro atoms. The first kappa shape index (κ1) is 46.5. The molecular weight excluding hydrogens is 787 g/mol. The second-order valence-electron chi connectivity index (χ2n) is 13.8. The highest BCUT2D eigenvalue weighted by Gasteiger charge is 2.25. The zero-order valence-corrected chi connectivity index (χ0v) is 34.2. The van der Waals surface area contributed by atoms with Gasteiger partial charge < -0.3 is 57.0 Å². The fourth-order valence-electron chi connectivity index (χ4n) is 5.93. The van der Waals surface area contributed by atoms with Crippen LogP contribution in [0, 0.1) is 0 Å². The summed E-state index contributed by atoms with van der Waals surface area (Å²) in [4.78, 5) is 76.8. The monoisotopic (exact) mass is 839 g/mol. The van der Waals surface area contributed by atoms with Gasteiger partial charge in [0.2, 0.25) is 11.8 Å². The molecule has 1 unspecified atom stereocenters. The first-order chi connectivity index (χ1) is 29.5. The molecule has 0 saturated heterocycles. The summed E-state index contributed by atoms with van der Waals surface area (Å²) in [6, 6.07) is 25.4. The van der Waals surface area contributed by atoms with E-state index in [-0.39, 0.29) is 60.2 Å². The third kappa shape index (κ3) is 15.9. The summed E-state index contributed by atoms with van der Waals surface area (Å²) >= 11 is 0. The van der Waals surface area contributed by atoms with Gasteiger partial charge in [0.05, 0.1) is 31.4 Å². The Morgan fingerprint density at radius 3 is 1.57 bits per heavy atom. The van der Waals surface area contributed by atoms with Crippen LogP contribution in [0.2, 0.25) is 0 Å². The zero-order chi connectivity index (χ0) is 44.0. The molecule has 4 aromatic carbocycles. The molecule has 0 aliphatic carbocycles. The van der Waals surface area contributed by atoms with Crippen LogP contribution >= 0.6 is 0 Å². The summed E-state index contributed by atoms with van der Waals surface area (Å²) in [5.41, 5.74) is 14.0. The molecule has 324 valence electrons. The van der Waals surface area contributed by atoms with Gasteiger partial charge in [0.1, 0.15) is 30.8 Å². The number of rotatable bonds is 23. The summed E-state index contributed by atoms with van der Waals surface area (Å²) < 4.78 is 21.1. The maximum atomic E-state index is 13.8. The third-order valence-corrected chi connectivity index (χ3v) is 9.23. The Morgan fingerprint density at radius 1 is 0.590 bits per heavy atom. The largest absolute Gasteiger partial charge is 0.496 e. The van der Waals surface area contributed by atoms with Crippen molar-refractivity contribution in [3.8, 4) is 11.5 Å². The molecule has 4 aromatic rings. The van der Waals surface area contributed by atoms with Crippen LogP contribution in [-0.2, 0) is 32.3 Å². The molecule has 0 heterocycles. The van der Waals surface area contributed by atoms with Crippen LogP contribution in [0.5, 0.6) is 11.5 Å². The number of hydrogen-bond donors (Lipinski definition) is 7. The second-order valence-corrected chi connectivity index (χ2v) is 13.8. The normalized spacial score (nSPS) is 11.5. The van der Waals surface area contributed by atoms with E-state index >= 15 is 0 Å². The Kier molecular flexibility index (Phi) is 18.9. The highest BCUT2D eigenvalue weighted by molar-refractivity contribution is 6.04. The van der Waals surface area contributed by atoms with Gasteiger partial charge in [-0.25, -0.2) is 9.59 Å². The van der Waals surface area contributed by atoms with Crippen LogP contribution in [0.25, 0.3) is 0 Å². The van der Waals surface area contributed by atoms with Gasteiger partial charge in [0.25, 0.3) is 11.8 Å². The number of nitrogens with two attached hydrogens (primary N) is 2. The van der Waals surface area contributed by atoms with Gasteiger partial charge in [0.15, 0.2) is 0 Å². The average Bonchev–Trinajstić information content (AvgIpc) is 3.27. The number of alkyl carbamates (subject to hydrolysis) is 2. The van der Waals surface area contributed by atoms with Crippen molar-refractivity contribution in [1.29, 1.82) is 0 Å². The lowest BCUT2D eigenvalue weighted by atomic mass is 10.1. The van der Waals surface area contributed by atoms with E-state index < -0.39 is 47.9 Å². The predicted octanol–water partition coefficient (Wildman–Crippen LogP) is 5.00. The molecular formula is C44H53N7O10. The number of primary amides is 1. The van der Waals surface area contributed by atoms with E-state index in [1.807, 2.05) is 60.7 Å². The number of unbranched alkanes of at least 4 members (excludes halogenated alkanes) is 2. The Balaban J connectivity index is 1.33. The van der Waals surface area contributed by atoms with E-state index in [4.69, 9.17) is 30.4 Å². The van der Waals surface area contributed by atoms with Crippen molar-refractivity contribution >= 4 is 47.2 Å². The van der Waals surface area contributed by atoms with Crippen LogP contribution in [0.1, 0.15) is 70.4 Å². The van der Waals surface area contributed by atoms with Crippen molar-refractivity contribution < 1.29 is 47.7 Å². The molecule has 0 fully saturated rings. The topological polar surface area (TPSA) is 252 Å². The standard InChI is InChI=1S/C44H53N7O10/c1-58-37-21-19-31(25-33(37)39(46)52)50-42(55)36(18-10-12-24-48-44(57)61-28-30-15-7-4-8-16-30)51-40(53)34-26-32(20-22-38(34)59-2)49-41(54)35(45)17-9-11-23-47-43(56)60-27-29-13-5-3-6-14-29/h3-8,13-16,19-22,25-26,35-36H,9-12,17-18,23-24,27-28,45H2,1-2H3,(H2,46,52)(H,47,56)(H,48,57)(H,49,54)(H,50,55)(H,51,53)/t35-,36?/m0/s1. The SMILES string of the molecule is COc1ccc(NC(=O)C(CCCCNC(=O)OCc2ccccc2)NC(=O)c2cc(NC(=O)[C@@H](N)CCCCNC(=O)OCc3ccccc3)ccc2OC)cc1C(N)=O. The van der Waals surface area contributed by atoms with E-state index in [1.165, 1.54) is 44.6 Å². The Bertz CT molecular complexity index is 2090. The van der Waals surface area contributed by atoms with Crippen molar-refractivity contribution in [2.75, 3.05) is 37.9 Å². The Morgan fingerprint density at radius 2 is 1.07 bits per heavy atom. The summed E-state index contributed by atoms with van der Waals surface area (Å²) in [6.07, 6.45) is 1.28. The molecule has 0 saturated carbocycles. The molecule has 0 aliphatic rings. The quantitative estimate of drug-likeness (QED) is 0.0490. The fourth-order valence-corrected chi connectivity index (χ4v) is 5.93. The maximum absolute atomic E-state index is 13.8. The van der Waals surface area contributed by atoms with Crippen LogP contribution in [0.4, 0.5) is 21.0 Å². The number of nitrogens with one attached hydrogen (secondary N) is 5. The molecule has 0 aromatic heterocycles. The first-order valence-electron chi connectivity index (χ1n) is 19.7. The van der Waals surface area contributed by atoms with Crippen molar-refractivity contribution in [2.24, 2.45) is 11.5 Å². The van der Waals surface area contributed by atoms with Gasteiger partial charge in [-0.15, -0.1) is 0 Å². The molecule has 61 heavy (non-hydrogen) atoms. The molecule has 17 nitrogen and oxygen atoms in total. The summed E-state index contributed by atoms with van der Waals surface area (Å²) in [6.45, 7) is 0.851. The zero-order valence-electron chi connectivity index (χ0n) is 34.2. The van der Waals surface area contributed by atoms with Crippen LogP contribution in [-0.4, -0.2) is 75.2 Å². The van der Waals surface area contributed by atoms with Crippen molar-refractivity contribution in [2.45, 2.75) is 63.8 Å². The number of carbonyl (C=O) groups is 6. The van der Waals surface area contributed by atoms with E-state index in [9.17, 15) is 28.8 Å². The minimum Gasteiger partial charge on any atom is -0.496 e. The number of methoxy groups -OCH3 is 2. The highest BCUT2D eigenvalue weighted by Crippen LogP contribution is 2.25. The number of ether oxygens (including phenoxy) is 4. The molecule has 17 heteroatoms. The lowest BCUT2D eigenvalue weighted by Gasteiger charge is -2.20. The summed E-state index contributed by atoms with van der Waals surface area (Å²) in [5.74, 6) is -2.14. The lowest BCUT2D eigenvalue weighted by Crippen LogP contribution is -2.44. The van der Waals surface area contributed by atoms with Gasteiger partial charge in [-0.05, 0) is 86.1 Å². The first-order valence-corrected chi connectivity index (χ1v) is 19.7. The third-order valence-electron chi connectivity index (χ3n) is 9.23. The summed E-state index contributed by atoms with van der Waals surface area (Å²) in [7, 11) is 2.75. The van der Waals surface area contributed by atoms with E-state index in [2.05, 4.69) is 26.6 Å². The molecule has 9 N–H and O–H groups in total. The van der Waals surface area contributed by atoms with Gasteiger partial charge in [0, 0.05) is 24.5 Å². The van der Waals surface area contributed by atoms with Gasteiger partial charge >= 0.3 is 12.2 Å². The van der Waals surface area contributed by atoms with Crippen molar-refractivity contribution in [1.82, 2.24) is 16.0 Å². The molecule has 0 bridgehead atoms. The van der Waals surface area contributed by atoms with Gasteiger partial charge in [-0.3, -0.25) is 19.2 Å². The van der Waals surface area contributed by atoms with E-state index in [0.29, 0.717) is 38.6 Å². The van der Waals surface area contributed by atoms with Crippen molar-refractivity contribution in [3.63, 3.8) is 0 Å². The minimum absolute atomic E-state index is 0.0280. The summed E-state index contributed by atoms with van der Waals surface area (Å²) in [5, 5.41) is 13.6. The van der Waals surface area contributed by atoms with Crippen LogP contribution in [0.3, 0.4) is 0 Å². The van der Waals surface area contributed by atoms with Crippen molar-refractivity contribution in [3.05, 3.63) is 119 Å². The molecule has 0 aliphatic heterocycles.